The summed E-state index contributed by atoms with van der Waals surface area (Å²) >= 11 is 0. The number of rotatable bonds is 8. The van der Waals surface area contributed by atoms with E-state index in [4.69, 9.17) is 9.47 Å². The van der Waals surface area contributed by atoms with Crippen LogP contribution < -0.4 is 9.47 Å². The molecule has 0 unspecified atom stereocenters. The molecule has 0 radical (unpaired) electrons. The third-order valence-corrected chi connectivity index (χ3v) is 6.86. The Hall–Kier alpha value is -4.06. The van der Waals surface area contributed by atoms with Crippen molar-refractivity contribution in [1.82, 2.24) is 4.90 Å². The summed E-state index contributed by atoms with van der Waals surface area (Å²) in [6.07, 6.45) is 2.27. The number of aliphatic hydroxyl groups is 1. The van der Waals surface area contributed by atoms with Gasteiger partial charge in [-0.25, -0.2) is 0 Å². The molecule has 37 heavy (non-hydrogen) atoms. The fraction of sp³-hybridized carbons (Fsp3) is 0.290. The van der Waals surface area contributed by atoms with E-state index in [1.807, 2.05) is 80.6 Å². The third kappa shape index (κ3) is 4.96. The van der Waals surface area contributed by atoms with E-state index in [1.54, 1.807) is 11.0 Å². The molecule has 190 valence electrons. The molecule has 1 saturated heterocycles. The van der Waals surface area contributed by atoms with Crippen molar-refractivity contribution in [1.29, 1.82) is 0 Å². The molecule has 0 aliphatic carbocycles. The fourth-order valence-electron chi connectivity index (χ4n) is 5.04. The second-order valence-electron chi connectivity index (χ2n) is 9.60. The van der Waals surface area contributed by atoms with Gasteiger partial charge in [-0.15, -0.1) is 0 Å². The summed E-state index contributed by atoms with van der Waals surface area (Å²) in [5, 5.41) is 11.4. The summed E-state index contributed by atoms with van der Waals surface area (Å²) in [6, 6.07) is 22.0. The number of carbonyl (C=O) groups is 2. The van der Waals surface area contributed by atoms with E-state index < -0.39 is 17.7 Å². The normalized spacial score (nSPS) is 20.1. The lowest BCUT2D eigenvalue weighted by Gasteiger charge is -2.25. The van der Waals surface area contributed by atoms with E-state index in [1.165, 1.54) is 0 Å². The standard InChI is InChI=1S/C31H31NO5/c1-3-17-36-25-12-9-22(10-13-25)28-27(29(33)23-11-14-26-24(19-23)18-20(2)37-26)30(34)31(35)32(28)16-15-21-7-5-4-6-8-21/h4-14,19-20,28,33H,3,15-18H2,1-2H3/b29-27+/t20-,28+/m1/s1. The zero-order valence-corrected chi connectivity index (χ0v) is 21.1. The number of benzene rings is 3. The molecule has 1 fully saturated rings. The average molecular weight is 498 g/mol. The van der Waals surface area contributed by atoms with Gasteiger partial charge in [0.15, 0.2) is 0 Å². The van der Waals surface area contributed by atoms with Crippen LogP contribution in [0.25, 0.3) is 5.76 Å². The Kier molecular flexibility index (Phi) is 6.99. The third-order valence-electron chi connectivity index (χ3n) is 6.86. The SMILES string of the molecule is CCCOc1ccc([C@H]2/C(=C(\O)c3ccc4c(c3)C[C@@H](C)O4)C(=O)C(=O)N2CCc2ccccc2)cc1. The smallest absolute Gasteiger partial charge is 0.295 e. The van der Waals surface area contributed by atoms with Gasteiger partial charge in [-0.2, -0.15) is 0 Å². The Morgan fingerprint density at radius 1 is 1.05 bits per heavy atom. The van der Waals surface area contributed by atoms with E-state index in [-0.39, 0.29) is 17.4 Å². The number of aliphatic hydroxyl groups excluding tert-OH is 1. The lowest BCUT2D eigenvalue weighted by atomic mass is 9.94. The number of fused-ring (bicyclic) bond motifs is 1. The van der Waals surface area contributed by atoms with Crippen LogP contribution in [0.2, 0.25) is 0 Å². The van der Waals surface area contributed by atoms with Crippen LogP contribution in [-0.4, -0.2) is 41.0 Å². The Morgan fingerprint density at radius 2 is 1.81 bits per heavy atom. The lowest BCUT2D eigenvalue weighted by molar-refractivity contribution is -0.139. The van der Waals surface area contributed by atoms with Gasteiger partial charge in [0.25, 0.3) is 11.7 Å². The van der Waals surface area contributed by atoms with Gasteiger partial charge in [-0.3, -0.25) is 9.59 Å². The summed E-state index contributed by atoms with van der Waals surface area (Å²) in [4.78, 5) is 28.2. The summed E-state index contributed by atoms with van der Waals surface area (Å²) in [5.74, 6) is 0.0595. The van der Waals surface area contributed by atoms with Crippen molar-refractivity contribution in [2.75, 3.05) is 13.2 Å². The first-order valence-electron chi connectivity index (χ1n) is 12.8. The number of amides is 1. The molecular formula is C31H31NO5. The fourth-order valence-corrected chi connectivity index (χ4v) is 5.04. The molecule has 0 bridgehead atoms. The quantitative estimate of drug-likeness (QED) is 0.254. The number of hydrogen-bond acceptors (Lipinski definition) is 5. The number of ketones is 1. The van der Waals surface area contributed by atoms with Crippen molar-refractivity contribution in [2.24, 2.45) is 0 Å². The minimum absolute atomic E-state index is 0.0596. The number of likely N-dealkylation sites (tertiary alicyclic amines) is 1. The van der Waals surface area contributed by atoms with Crippen LogP contribution in [0.1, 0.15) is 48.6 Å². The van der Waals surface area contributed by atoms with Gasteiger partial charge in [0.1, 0.15) is 23.4 Å². The molecule has 3 aromatic carbocycles. The van der Waals surface area contributed by atoms with Crippen LogP contribution in [0.15, 0.2) is 78.4 Å². The molecule has 6 nitrogen and oxygen atoms in total. The Balaban J connectivity index is 1.54. The zero-order valence-electron chi connectivity index (χ0n) is 21.1. The maximum absolute atomic E-state index is 13.4. The number of ether oxygens (including phenoxy) is 2. The van der Waals surface area contributed by atoms with Crippen molar-refractivity contribution in [2.45, 2.75) is 45.3 Å². The number of nitrogens with zero attached hydrogens (tertiary/aromatic N) is 1. The molecule has 0 spiro atoms. The maximum Gasteiger partial charge on any atom is 0.295 e. The summed E-state index contributed by atoms with van der Waals surface area (Å²) < 4.78 is 11.5. The molecule has 0 aromatic heterocycles. The van der Waals surface area contributed by atoms with Crippen LogP contribution in [0, 0.1) is 0 Å². The first kappa shape index (κ1) is 24.6. The second kappa shape index (κ2) is 10.5. The van der Waals surface area contributed by atoms with Gasteiger partial charge >= 0.3 is 0 Å². The van der Waals surface area contributed by atoms with E-state index in [2.05, 4.69) is 0 Å². The van der Waals surface area contributed by atoms with Crippen LogP contribution in [0.4, 0.5) is 0 Å². The van der Waals surface area contributed by atoms with Crippen molar-refractivity contribution in [3.8, 4) is 11.5 Å². The highest BCUT2D eigenvalue weighted by Gasteiger charge is 2.46. The molecule has 1 amide bonds. The molecular weight excluding hydrogens is 466 g/mol. The van der Waals surface area contributed by atoms with Crippen molar-refractivity contribution in [3.63, 3.8) is 0 Å². The van der Waals surface area contributed by atoms with Crippen molar-refractivity contribution in [3.05, 3.63) is 101 Å². The molecule has 2 aliphatic heterocycles. The molecule has 2 aliphatic rings. The predicted molar refractivity (Wildman–Crippen MR) is 142 cm³/mol. The molecule has 0 saturated carbocycles. The van der Waals surface area contributed by atoms with Gasteiger partial charge in [0.05, 0.1) is 18.2 Å². The first-order chi connectivity index (χ1) is 18.0. The van der Waals surface area contributed by atoms with E-state index >= 15 is 0 Å². The topological polar surface area (TPSA) is 76.1 Å². The molecule has 2 heterocycles. The highest BCUT2D eigenvalue weighted by molar-refractivity contribution is 6.46. The van der Waals surface area contributed by atoms with Crippen LogP contribution in [-0.2, 0) is 22.4 Å². The average Bonchev–Trinajstić information content (AvgIpc) is 3.42. The number of carbonyl (C=O) groups excluding carboxylic acids is 2. The maximum atomic E-state index is 13.4. The minimum Gasteiger partial charge on any atom is -0.507 e. The zero-order chi connectivity index (χ0) is 25.9. The minimum atomic E-state index is -0.702. The first-order valence-corrected chi connectivity index (χ1v) is 12.8. The van der Waals surface area contributed by atoms with Gasteiger partial charge < -0.3 is 19.5 Å². The number of Topliss-reactive ketones (excluding diaryl/α,β-unsaturated/α-hetero) is 1. The summed E-state index contributed by atoms with van der Waals surface area (Å²) in [7, 11) is 0. The van der Waals surface area contributed by atoms with Crippen molar-refractivity contribution >= 4 is 17.4 Å². The predicted octanol–water partition coefficient (Wildman–Crippen LogP) is 5.46. The van der Waals surface area contributed by atoms with E-state index in [0.29, 0.717) is 25.1 Å². The van der Waals surface area contributed by atoms with Gasteiger partial charge in [0.2, 0.25) is 0 Å². The summed E-state index contributed by atoms with van der Waals surface area (Å²) in [5.41, 5.74) is 3.40. The van der Waals surface area contributed by atoms with Crippen LogP contribution >= 0.6 is 0 Å². The highest BCUT2D eigenvalue weighted by atomic mass is 16.5. The van der Waals surface area contributed by atoms with Crippen LogP contribution in [0.5, 0.6) is 11.5 Å². The van der Waals surface area contributed by atoms with E-state index in [9.17, 15) is 14.7 Å². The van der Waals surface area contributed by atoms with Gasteiger partial charge in [0, 0.05) is 18.5 Å². The Bertz CT molecular complexity index is 1330. The van der Waals surface area contributed by atoms with Crippen molar-refractivity contribution < 1.29 is 24.2 Å². The molecule has 6 heteroatoms. The van der Waals surface area contributed by atoms with Crippen LogP contribution in [0.3, 0.4) is 0 Å². The second-order valence-corrected chi connectivity index (χ2v) is 9.60. The van der Waals surface area contributed by atoms with E-state index in [0.717, 1.165) is 41.0 Å². The monoisotopic (exact) mass is 497 g/mol. The highest BCUT2D eigenvalue weighted by Crippen LogP contribution is 2.41. The molecule has 5 rings (SSSR count). The lowest BCUT2D eigenvalue weighted by Crippen LogP contribution is -2.31. The Morgan fingerprint density at radius 3 is 2.54 bits per heavy atom. The Labute approximate surface area is 217 Å². The largest absolute Gasteiger partial charge is 0.507 e. The molecule has 3 aromatic rings. The van der Waals surface area contributed by atoms with Gasteiger partial charge in [-0.05, 0) is 66.8 Å². The summed E-state index contributed by atoms with van der Waals surface area (Å²) in [6.45, 7) is 4.99. The molecule has 1 N–H and O–H groups in total. The molecule has 2 atom stereocenters. The number of hydrogen-bond donors (Lipinski definition) is 1. The van der Waals surface area contributed by atoms with Gasteiger partial charge in [-0.1, -0.05) is 49.4 Å².